The molecule has 0 bridgehead atoms. The summed E-state index contributed by atoms with van der Waals surface area (Å²) in [6.07, 6.45) is 3.51. The Kier molecular flexibility index (Phi) is 5.68. The fourth-order valence-corrected chi connectivity index (χ4v) is 3.46. The zero-order chi connectivity index (χ0) is 21.1. The quantitative estimate of drug-likeness (QED) is 0.497. The summed E-state index contributed by atoms with van der Waals surface area (Å²) in [5.41, 5.74) is 4.49. The maximum absolute atomic E-state index is 12.8. The number of amides is 1. The van der Waals surface area contributed by atoms with E-state index < -0.39 is 6.04 Å². The predicted molar refractivity (Wildman–Crippen MR) is 118 cm³/mol. The molecule has 0 spiro atoms. The van der Waals surface area contributed by atoms with Crippen molar-refractivity contribution in [1.82, 2.24) is 24.9 Å². The number of carbonyl (C=O) groups is 1. The first-order valence-corrected chi connectivity index (χ1v) is 10.1. The molecule has 4 rings (SSSR count). The fraction of sp³-hybridized carbons (Fsp3) is 0.174. The second-order valence-electron chi connectivity index (χ2n) is 7.07. The van der Waals surface area contributed by atoms with E-state index >= 15 is 0 Å². The molecule has 6 nitrogen and oxygen atoms in total. The van der Waals surface area contributed by atoms with E-state index in [0.29, 0.717) is 11.6 Å². The maximum atomic E-state index is 12.8. The minimum absolute atomic E-state index is 0.135. The molecular weight excluding hydrogens is 398 g/mol. The summed E-state index contributed by atoms with van der Waals surface area (Å²) in [5.74, 6) is -0.135. The van der Waals surface area contributed by atoms with Gasteiger partial charge in [0.15, 0.2) is 0 Å². The third-order valence-electron chi connectivity index (χ3n) is 5.04. The number of benzene rings is 2. The average molecular weight is 420 g/mol. The van der Waals surface area contributed by atoms with Crippen molar-refractivity contribution in [3.8, 4) is 16.9 Å². The van der Waals surface area contributed by atoms with Crippen molar-refractivity contribution in [3.63, 3.8) is 0 Å². The molecule has 0 fully saturated rings. The molecule has 1 unspecified atom stereocenters. The number of aromatic nitrogens is 4. The van der Waals surface area contributed by atoms with Crippen molar-refractivity contribution < 1.29 is 4.79 Å². The summed E-state index contributed by atoms with van der Waals surface area (Å²) in [5, 5.41) is 12.5. The van der Waals surface area contributed by atoms with Crippen LogP contribution in [-0.2, 0) is 11.3 Å². The lowest BCUT2D eigenvalue weighted by molar-refractivity contribution is -0.124. The van der Waals surface area contributed by atoms with Gasteiger partial charge in [0.05, 0.1) is 28.3 Å². The molecular formula is C23H22ClN5O. The Labute approximate surface area is 180 Å². The highest BCUT2D eigenvalue weighted by Gasteiger charge is 2.20. The SMILES string of the molecule is Cc1c(Cl)cnn1C(C)C(=O)NCc1cn(-c2ccccc2)nc1-c1ccccc1. The lowest BCUT2D eigenvalue weighted by Crippen LogP contribution is -2.31. The number of hydrogen-bond donors (Lipinski definition) is 1. The minimum atomic E-state index is -0.471. The van der Waals surface area contributed by atoms with Crippen LogP contribution in [0.5, 0.6) is 0 Å². The first-order chi connectivity index (χ1) is 14.5. The zero-order valence-electron chi connectivity index (χ0n) is 16.8. The second kappa shape index (κ2) is 8.55. The summed E-state index contributed by atoms with van der Waals surface area (Å²) in [6.45, 7) is 4.00. The van der Waals surface area contributed by atoms with Crippen LogP contribution in [-0.4, -0.2) is 25.5 Å². The Morgan fingerprint density at radius 2 is 1.77 bits per heavy atom. The first kappa shape index (κ1) is 19.9. The lowest BCUT2D eigenvalue weighted by atomic mass is 10.1. The van der Waals surface area contributed by atoms with Crippen LogP contribution < -0.4 is 5.32 Å². The molecule has 0 saturated carbocycles. The number of halogens is 1. The molecule has 1 amide bonds. The largest absolute Gasteiger partial charge is 0.350 e. The van der Waals surface area contributed by atoms with Crippen molar-refractivity contribution in [2.45, 2.75) is 26.4 Å². The summed E-state index contributed by atoms with van der Waals surface area (Å²) >= 11 is 6.07. The molecule has 30 heavy (non-hydrogen) atoms. The number of para-hydroxylation sites is 1. The molecule has 4 aromatic rings. The van der Waals surface area contributed by atoms with Gasteiger partial charge in [0.25, 0.3) is 0 Å². The standard InChI is InChI=1S/C23H22ClN5O/c1-16-21(24)14-26-29(16)17(2)23(30)25-13-19-15-28(20-11-7-4-8-12-20)27-22(19)18-9-5-3-6-10-18/h3-12,14-15,17H,13H2,1-2H3,(H,25,30). The van der Waals surface area contributed by atoms with Crippen molar-refractivity contribution in [2.75, 3.05) is 0 Å². The number of nitrogens with zero attached hydrogens (tertiary/aromatic N) is 4. The molecule has 1 N–H and O–H groups in total. The van der Waals surface area contributed by atoms with Crippen LogP contribution in [0.2, 0.25) is 5.02 Å². The Bertz CT molecular complexity index is 1150. The molecule has 2 aromatic heterocycles. The van der Waals surface area contributed by atoms with Gasteiger partial charge in [-0.15, -0.1) is 0 Å². The van der Waals surface area contributed by atoms with Crippen LogP contribution in [0.25, 0.3) is 16.9 Å². The summed E-state index contributed by atoms with van der Waals surface area (Å²) in [6, 6.07) is 19.4. The maximum Gasteiger partial charge on any atom is 0.244 e. The van der Waals surface area contributed by atoms with Crippen LogP contribution in [0.1, 0.15) is 24.2 Å². The third kappa shape index (κ3) is 4.00. The van der Waals surface area contributed by atoms with Gasteiger partial charge in [-0.25, -0.2) is 4.68 Å². The molecule has 2 heterocycles. The van der Waals surface area contributed by atoms with Gasteiger partial charge in [0.1, 0.15) is 6.04 Å². The van der Waals surface area contributed by atoms with E-state index in [0.717, 1.165) is 28.2 Å². The summed E-state index contributed by atoms with van der Waals surface area (Å²) < 4.78 is 3.47. The molecule has 0 aliphatic heterocycles. The Hall–Kier alpha value is -3.38. The van der Waals surface area contributed by atoms with E-state index in [1.807, 2.05) is 78.5 Å². The number of rotatable bonds is 6. The molecule has 152 valence electrons. The van der Waals surface area contributed by atoms with Gasteiger partial charge < -0.3 is 5.32 Å². The highest BCUT2D eigenvalue weighted by atomic mass is 35.5. The Morgan fingerprint density at radius 1 is 1.10 bits per heavy atom. The van der Waals surface area contributed by atoms with Crippen molar-refractivity contribution in [2.24, 2.45) is 0 Å². The highest BCUT2D eigenvalue weighted by molar-refractivity contribution is 6.31. The zero-order valence-corrected chi connectivity index (χ0v) is 17.5. The smallest absolute Gasteiger partial charge is 0.244 e. The van der Waals surface area contributed by atoms with Crippen molar-refractivity contribution in [3.05, 3.63) is 89.3 Å². The van der Waals surface area contributed by atoms with Gasteiger partial charge in [0.2, 0.25) is 5.91 Å². The monoisotopic (exact) mass is 419 g/mol. The van der Waals surface area contributed by atoms with E-state index in [1.54, 1.807) is 17.8 Å². The molecule has 2 aromatic carbocycles. The molecule has 0 aliphatic rings. The first-order valence-electron chi connectivity index (χ1n) is 9.71. The van der Waals surface area contributed by atoms with Gasteiger partial charge in [-0.3, -0.25) is 9.48 Å². The van der Waals surface area contributed by atoms with Crippen LogP contribution in [0.15, 0.2) is 73.1 Å². The topological polar surface area (TPSA) is 64.7 Å². The highest BCUT2D eigenvalue weighted by Crippen LogP contribution is 2.24. The van der Waals surface area contributed by atoms with Gasteiger partial charge in [0, 0.05) is 23.9 Å². The minimum Gasteiger partial charge on any atom is -0.350 e. The van der Waals surface area contributed by atoms with E-state index in [1.165, 1.54) is 0 Å². The van der Waals surface area contributed by atoms with E-state index in [2.05, 4.69) is 10.4 Å². The van der Waals surface area contributed by atoms with Crippen LogP contribution in [0.4, 0.5) is 0 Å². The van der Waals surface area contributed by atoms with Crippen LogP contribution in [0.3, 0.4) is 0 Å². The van der Waals surface area contributed by atoms with Crippen molar-refractivity contribution >= 4 is 17.5 Å². The van der Waals surface area contributed by atoms with Crippen LogP contribution >= 0.6 is 11.6 Å². The normalized spacial score (nSPS) is 12.0. The van der Waals surface area contributed by atoms with Crippen molar-refractivity contribution in [1.29, 1.82) is 0 Å². The molecule has 0 saturated heterocycles. The van der Waals surface area contributed by atoms with Gasteiger partial charge >= 0.3 is 0 Å². The van der Waals surface area contributed by atoms with Gasteiger partial charge in [-0.2, -0.15) is 10.2 Å². The molecule has 1 atom stereocenters. The lowest BCUT2D eigenvalue weighted by Gasteiger charge is -2.14. The number of hydrogen-bond acceptors (Lipinski definition) is 3. The molecule has 7 heteroatoms. The summed E-state index contributed by atoms with van der Waals surface area (Å²) in [4.78, 5) is 12.8. The van der Waals surface area contributed by atoms with Crippen LogP contribution in [0, 0.1) is 6.92 Å². The third-order valence-corrected chi connectivity index (χ3v) is 5.41. The number of carbonyl (C=O) groups excluding carboxylic acids is 1. The number of nitrogens with one attached hydrogen (secondary N) is 1. The van der Waals surface area contributed by atoms with E-state index in [9.17, 15) is 4.79 Å². The van der Waals surface area contributed by atoms with Gasteiger partial charge in [-0.05, 0) is 26.0 Å². The Morgan fingerprint density at radius 3 is 2.40 bits per heavy atom. The van der Waals surface area contributed by atoms with E-state index in [4.69, 9.17) is 16.7 Å². The predicted octanol–water partition coefficient (Wildman–Crippen LogP) is 4.58. The fourth-order valence-electron chi connectivity index (χ4n) is 3.33. The second-order valence-corrected chi connectivity index (χ2v) is 7.47. The summed E-state index contributed by atoms with van der Waals surface area (Å²) in [7, 11) is 0. The molecule has 0 aliphatic carbocycles. The Balaban J connectivity index is 1.59. The van der Waals surface area contributed by atoms with E-state index in [-0.39, 0.29) is 5.91 Å². The van der Waals surface area contributed by atoms with Gasteiger partial charge in [-0.1, -0.05) is 60.1 Å². The molecule has 0 radical (unpaired) electrons. The average Bonchev–Trinajstić information content (AvgIpc) is 3.36.